The average molecular weight is 473 g/mol. The number of aromatic nitrogens is 4. The van der Waals surface area contributed by atoms with E-state index in [1.54, 1.807) is 27.4 Å². The fourth-order valence-electron chi connectivity index (χ4n) is 4.03. The van der Waals surface area contributed by atoms with Gasteiger partial charge in [0.2, 0.25) is 5.91 Å². The van der Waals surface area contributed by atoms with Crippen molar-refractivity contribution in [2.45, 2.75) is 19.8 Å². The van der Waals surface area contributed by atoms with Crippen molar-refractivity contribution in [3.63, 3.8) is 0 Å². The number of amides is 2. The maximum atomic E-state index is 13.2. The van der Waals surface area contributed by atoms with E-state index >= 15 is 0 Å². The van der Waals surface area contributed by atoms with E-state index in [-0.39, 0.29) is 17.7 Å². The zero-order chi connectivity index (χ0) is 23.5. The molecular weight excluding hydrogens is 448 g/mol. The van der Waals surface area contributed by atoms with Crippen LogP contribution in [0.2, 0.25) is 0 Å². The summed E-state index contributed by atoms with van der Waals surface area (Å²) >= 11 is 1.41. The minimum absolute atomic E-state index is 0.105. The number of anilines is 1. The molecule has 1 aromatic carbocycles. The number of hydrogen-bond donors (Lipinski definition) is 1. The Morgan fingerprint density at radius 3 is 2.82 bits per heavy atom. The lowest BCUT2D eigenvalue weighted by molar-refractivity contribution is -0.121. The minimum Gasteiger partial charge on any atom is -0.336 e. The van der Waals surface area contributed by atoms with Crippen LogP contribution in [0, 0.1) is 12.8 Å². The van der Waals surface area contributed by atoms with Crippen LogP contribution in [0.15, 0.2) is 66.4 Å². The van der Waals surface area contributed by atoms with Crippen molar-refractivity contribution in [2.75, 3.05) is 18.4 Å². The van der Waals surface area contributed by atoms with E-state index in [1.807, 2.05) is 55.6 Å². The molecule has 0 spiro atoms. The van der Waals surface area contributed by atoms with Gasteiger partial charge in [-0.15, -0.1) is 11.3 Å². The monoisotopic (exact) mass is 472 g/mol. The topological polar surface area (TPSA) is 93.0 Å². The molecule has 5 rings (SSSR count). The number of rotatable bonds is 5. The molecule has 4 heterocycles. The van der Waals surface area contributed by atoms with Gasteiger partial charge in [0, 0.05) is 36.4 Å². The SMILES string of the molecule is Cc1cccnc1NC(=O)C1CCCN(C(=O)c2csc(-c3cnn(-c4ccccc4)c3)n2)C1. The van der Waals surface area contributed by atoms with Crippen LogP contribution in [0.5, 0.6) is 0 Å². The molecule has 1 unspecified atom stereocenters. The molecule has 2 amide bonds. The average Bonchev–Trinajstić information content (AvgIpc) is 3.56. The van der Waals surface area contributed by atoms with E-state index in [4.69, 9.17) is 0 Å². The molecule has 1 N–H and O–H groups in total. The molecule has 172 valence electrons. The van der Waals surface area contributed by atoms with Crippen LogP contribution < -0.4 is 5.32 Å². The van der Waals surface area contributed by atoms with Crippen molar-refractivity contribution in [1.82, 2.24) is 24.6 Å². The fourth-order valence-corrected chi connectivity index (χ4v) is 4.80. The van der Waals surface area contributed by atoms with E-state index in [0.717, 1.165) is 34.7 Å². The molecule has 0 bridgehead atoms. The lowest BCUT2D eigenvalue weighted by Gasteiger charge is -2.31. The number of hydrogen-bond acceptors (Lipinski definition) is 6. The lowest BCUT2D eigenvalue weighted by atomic mass is 9.97. The van der Waals surface area contributed by atoms with Gasteiger partial charge in [0.1, 0.15) is 16.5 Å². The quantitative estimate of drug-likeness (QED) is 0.470. The van der Waals surface area contributed by atoms with E-state index < -0.39 is 0 Å². The van der Waals surface area contributed by atoms with Crippen molar-refractivity contribution >= 4 is 29.0 Å². The maximum absolute atomic E-state index is 13.2. The van der Waals surface area contributed by atoms with Crippen molar-refractivity contribution in [3.05, 3.63) is 77.7 Å². The van der Waals surface area contributed by atoms with Crippen molar-refractivity contribution in [1.29, 1.82) is 0 Å². The van der Waals surface area contributed by atoms with Crippen molar-refractivity contribution < 1.29 is 9.59 Å². The molecule has 1 fully saturated rings. The molecule has 34 heavy (non-hydrogen) atoms. The minimum atomic E-state index is -0.277. The van der Waals surface area contributed by atoms with Gasteiger partial charge in [-0.1, -0.05) is 24.3 Å². The van der Waals surface area contributed by atoms with Gasteiger partial charge in [-0.25, -0.2) is 14.6 Å². The summed E-state index contributed by atoms with van der Waals surface area (Å²) in [6.45, 7) is 2.89. The van der Waals surface area contributed by atoms with Crippen LogP contribution in [0.4, 0.5) is 5.82 Å². The third-order valence-electron chi connectivity index (χ3n) is 5.90. The largest absolute Gasteiger partial charge is 0.336 e. The Morgan fingerprint density at radius 1 is 1.15 bits per heavy atom. The number of carbonyl (C=O) groups is 2. The molecule has 4 aromatic rings. The second-order valence-electron chi connectivity index (χ2n) is 8.30. The second-order valence-corrected chi connectivity index (χ2v) is 9.15. The molecule has 9 heteroatoms. The van der Waals surface area contributed by atoms with Gasteiger partial charge in [0.15, 0.2) is 0 Å². The van der Waals surface area contributed by atoms with E-state index in [0.29, 0.717) is 24.6 Å². The maximum Gasteiger partial charge on any atom is 0.273 e. The molecule has 0 aliphatic carbocycles. The number of likely N-dealkylation sites (tertiary alicyclic amines) is 1. The van der Waals surface area contributed by atoms with E-state index in [1.165, 1.54) is 11.3 Å². The first-order valence-electron chi connectivity index (χ1n) is 11.2. The highest BCUT2D eigenvalue weighted by Gasteiger charge is 2.30. The molecular formula is C25H24N6O2S. The highest BCUT2D eigenvalue weighted by Crippen LogP contribution is 2.26. The summed E-state index contributed by atoms with van der Waals surface area (Å²) in [5, 5.41) is 9.84. The summed E-state index contributed by atoms with van der Waals surface area (Å²) in [4.78, 5) is 36.5. The zero-order valence-electron chi connectivity index (χ0n) is 18.7. The van der Waals surface area contributed by atoms with Gasteiger partial charge >= 0.3 is 0 Å². The molecule has 1 atom stereocenters. The first-order chi connectivity index (χ1) is 16.6. The Kier molecular flexibility index (Phi) is 6.18. The van der Waals surface area contributed by atoms with Crippen molar-refractivity contribution in [3.8, 4) is 16.3 Å². The summed E-state index contributed by atoms with van der Waals surface area (Å²) in [7, 11) is 0. The predicted octanol–water partition coefficient (Wildman–Crippen LogP) is 4.19. The number of nitrogens with one attached hydrogen (secondary N) is 1. The molecule has 3 aromatic heterocycles. The third-order valence-corrected chi connectivity index (χ3v) is 6.80. The van der Waals surface area contributed by atoms with Crippen LogP contribution in [-0.4, -0.2) is 49.6 Å². The number of carbonyl (C=O) groups excluding carboxylic acids is 2. The van der Waals surface area contributed by atoms with Crippen LogP contribution in [-0.2, 0) is 4.79 Å². The second kappa shape index (κ2) is 9.56. The lowest BCUT2D eigenvalue weighted by Crippen LogP contribution is -2.44. The van der Waals surface area contributed by atoms with Gasteiger partial charge < -0.3 is 10.2 Å². The predicted molar refractivity (Wildman–Crippen MR) is 131 cm³/mol. The number of piperidine rings is 1. The Bertz CT molecular complexity index is 1320. The number of benzene rings is 1. The van der Waals surface area contributed by atoms with Gasteiger partial charge in [-0.3, -0.25) is 9.59 Å². The number of nitrogens with zero attached hydrogens (tertiary/aromatic N) is 5. The number of thiazole rings is 1. The highest BCUT2D eigenvalue weighted by molar-refractivity contribution is 7.13. The van der Waals surface area contributed by atoms with Gasteiger partial charge in [-0.05, 0) is 43.5 Å². The summed E-state index contributed by atoms with van der Waals surface area (Å²) in [5.41, 5.74) is 3.12. The molecule has 1 aliphatic rings. The van der Waals surface area contributed by atoms with Crippen LogP contribution >= 0.6 is 11.3 Å². The highest BCUT2D eigenvalue weighted by atomic mass is 32.1. The molecule has 1 aliphatic heterocycles. The Hall–Kier alpha value is -3.85. The smallest absolute Gasteiger partial charge is 0.273 e. The molecule has 1 saturated heterocycles. The molecule has 0 saturated carbocycles. The molecule has 0 radical (unpaired) electrons. The normalized spacial score (nSPS) is 15.8. The number of aryl methyl sites for hydroxylation is 1. The van der Waals surface area contributed by atoms with Crippen LogP contribution in [0.3, 0.4) is 0 Å². The zero-order valence-corrected chi connectivity index (χ0v) is 19.5. The summed E-state index contributed by atoms with van der Waals surface area (Å²) in [6.07, 6.45) is 6.82. The summed E-state index contributed by atoms with van der Waals surface area (Å²) in [5.74, 6) is 0.0357. The first kappa shape index (κ1) is 22.0. The van der Waals surface area contributed by atoms with Gasteiger partial charge in [0.05, 0.1) is 17.8 Å². The van der Waals surface area contributed by atoms with Crippen LogP contribution in [0.25, 0.3) is 16.3 Å². The Balaban J connectivity index is 1.26. The van der Waals surface area contributed by atoms with Gasteiger partial charge in [-0.2, -0.15) is 5.10 Å². The molecule has 8 nitrogen and oxygen atoms in total. The van der Waals surface area contributed by atoms with Crippen LogP contribution in [0.1, 0.15) is 28.9 Å². The van der Waals surface area contributed by atoms with E-state index in [2.05, 4.69) is 20.4 Å². The summed E-state index contributed by atoms with van der Waals surface area (Å²) < 4.78 is 1.79. The van der Waals surface area contributed by atoms with Gasteiger partial charge in [0.25, 0.3) is 5.91 Å². The number of pyridine rings is 1. The van der Waals surface area contributed by atoms with Crippen molar-refractivity contribution in [2.24, 2.45) is 5.92 Å². The number of para-hydroxylation sites is 1. The standard InChI is InChI=1S/C25H24N6O2S/c1-17-7-5-11-26-22(17)29-23(32)18-8-6-12-30(14-18)25(33)21-16-34-24(28-21)19-13-27-31(15-19)20-9-3-2-4-10-20/h2-5,7,9-11,13,15-16,18H,6,8,12,14H2,1H3,(H,26,29,32). The van der Waals surface area contributed by atoms with E-state index in [9.17, 15) is 9.59 Å². The first-order valence-corrected chi connectivity index (χ1v) is 12.0. The fraction of sp³-hybridized carbons (Fsp3) is 0.240. The Labute approximate surface area is 201 Å². The third kappa shape index (κ3) is 4.60. The summed E-state index contributed by atoms with van der Waals surface area (Å²) in [6, 6.07) is 13.6. The Morgan fingerprint density at radius 2 is 2.00 bits per heavy atom.